The lowest BCUT2D eigenvalue weighted by Crippen LogP contribution is -2.28. The van der Waals surface area contributed by atoms with Crippen molar-refractivity contribution in [2.45, 2.75) is 38.6 Å². The SMILES string of the molecule is CCCNC(c1cnnn1C)C1C2C3CCC(C3)C21. The maximum Gasteiger partial charge on any atom is 0.0756 e. The number of nitrogens with one attached hydrogen (secondary N) is 1. The third-order valence-electron chi connectivity index (χ3n) is 5.86. The van der Waals surface area contributed by atoms with Crippen LogP contribution in [-0.4, -0.2) is 21.5 Å². The highest BCUT2D eigenvalue weighted by molar-refractivity contribution is 5.20. The van der Waals surface area contributed by atoms with Crippen LogP contribution in [-0.2, 0) is 7.05 Å². The molecule has 0 aromatic carbocycles. The van der Waals surface area contributed by atoms with E-state index in [0.717, 1.165) is 36.1 Å². The van der Waals surface area contributed by atoms with Crippen molar-refractivity contribution in [3.8, 4) is 0 Å². The van der Waals surface area contributed by atoms with E-state index in [1.54, 1.807) is 0 Å². The second-order valence-corrected chi connectivity index (χ2v) is 6.78. The van der Waals surface area contributed by atoms with Crippen molar-refractivity contribution < 1.29 is 0 Å². The number of fused-ring (bicyclic) bond motifs is 5. The minimum atomic E-state index is 0.485. The topological polar surface area (TPSA) is 42.7 Å². The molecule has 5 atom stereocenters. The van der Waals surface area contributed by atoms with E-state index in [4.69, 9.17) is 0 Å². The van der Waals surface area contributed by atoms with Crippen LogP contribution in [0.1, 0.15) is 44.3 Å². The Morgan fingerprint density at radius 3 is 2.68 bits per heavy atom. The molecule has 4 heteroatoms. The lowest BCUT2D eigenvalue weighted by molar-refractivity contribution is 0.357. The summed E-state index contributed by atoms with van der Waals surface area (Å²) in [7, 11) is 2.02. The maximum absolute atomic E-state index is 4.13. The van der Waals surface area contributed by atoms with Gasteiger partial charge in [-0.05, 0) is 61.8 Å². The van der Waals surface area contributed by atoms with Gasteiger partial charge in [0.25, 0.3) is 0 Å². The first-order chi connectivity index (χ1) is 9.31. The van der Waals surface area contributed by atoms with E-state index in [-0.39, 0.29) is 0 Å². The Bertz CT molecular complexity index is 452. The molecule has 5 unspecified atom stereocenters. The third kappa shape index (κ3) is 1.69. The molecule has 3 fully saturated rings. The quantitative estimate of drug-likeness (QED) is 0.882. The second kappa shape index (κ2) is 4.30. The molecule has 0 radical (unpaired) electrons. The molecule has 0 amide bonds. The van der Waals surface area contributed by atoms with E-state index < -0.39 is 0 Å². The standard InChI is InChI=1S/C15H24N4/c1-3-6-16-15(11-8-17-18-19(11)2)14-12-9-4-5-10(7-9)13(12)14/h8-10,12-16H,3-7H2,1-2H3. The van der Waals surface area contributed by atoms with Crippen LogP contribution in [0.5, 0.6) is 0 Å². The molecule has 0 spiro atoms. The summed E-state index contributed by atoms with van der Waals surface area (Å²) in [4.78, 5) is 0. The fourth-order valence-corrected chi connectivity index (χ4v) is 5.16. The summed E-state index contributed by atoms with van der Waals surface area (Å²) in [6, 6.07) is 0.485. The molecule has 2 bridgehead atoms. The molecular formula is C15H24N4. The first-order valence-corrected chi connectivity index (χ1v) is 7.89. The van der Waals surface area contributed by atoms with Gasteiger partial charge in [-0.1, -0.05) is 12.1 Å². The van der Waals surface area contributed by atoms with Crippen molar-refractivity contribution in [2.75, 3.05) is 6.54 Å². The monoisotopic (exact) mass is 260 g/mol. The Balaban J connectivity index is 1.57. The molecule has 3 saturated carbocycles. The molecule has 1 aromatic rings. The summed E-state index contributed by atoms with van der Waals surface area (Å²) in [6.45, 7) is 3.34. The fourth-order valence-electron chi connectivity index (χ4n) is 5.16. The summed E-state index contributed by atoms with van der Waals surface area (Å²) in [5, 5.41) is 12.0. The highest BCUT2D eigenvalue weighted by Gasteiger charge is 2.67. The Hall–Kier alpha value is -0.900. The van der Waals surface area contributed by atoms with E-state index in [1.165, 1.54) is 31.4 Å². The summed E-state index contributed by atoms with van der Waals surface area (Å²) in [6.07, 6.45) is 7.66. The minimum Gasteiger partial charge on any atom is -0.308 e. The molecule has 19 heavy (non-hydrogen) atoms. The fraction of sp³-hybridized carbons (Fsp3) is 0.867. The van der Waals surface area contributed by atoms with E-state index in [9.17, 15) is 0 Å². The van der Waals surface area contributed by atoms with Gasteiger partial charge < -0.3 is 5.32 Å². The molecule has 3 aliphatic carbocycles. The van der Waals surface area contributed by atoms with Gasteiger partial charge in [-0.15, -0.1) is 5.10 Å². The molecule has 1 aromatic heterocycles. The van der Waals surface area contributed by atoms with Gasteiger partial charge in [-0.2, -0.15) is 0 Å². The molecule has 4 nitrogen and oxygen atoms in total. The van der Waals surface area contributed by atoms with E-state index in [0.29, 0.717) is 6.04 Å². The average Bonchev–Trinajstić information content (AvgIpc) is 2.78. The highest BCUT2D eigenvalue weighted by atomic mass is 15.4. The van der Waals surface area contributed by atoms with Crippen molar-refractivity contribution in [2.24, 2.45) is 36.6 Å². The summed E-state index contributed by atoms with van der Waals surface area (Å²) in [5.74, 6) is 4.93. The number of nitrogens with zero attached hydrogens (tertiary/aromatic N) is 3. The van der Waals surface area contributed by atoms with Crippen molar-refractivity contribution in [1.82, 2.24) is 20.3 Å². The Kier molecular flexibility index (Phi) is 2.69. The minimum absolute atomic E-state index is 0.485. The van der Waals surface area contributed by atoms with Crippen LogP contribution in [0.4, 0.5) is 0 Å². The van der Waals surface area contributed by atoms with Crippen LogP contribution in [0.25, 0.3) is 0 Å². The number of hydrogen-bond donors (Lipinski definition) is 1. The third-order valence-corrected chi connectivity index (χ3v) is 5.86. The normalized spacial score (nSPS) is 40.4. The van der Waals surface area contributed by atoms with Crippen LogP contribution in [0.2, 0.25) is 0 Å². The number of rotatable bonds is 5. The van der Waals surface area contributed by atoms with Crippen LogP contribution in [0.3, 0.4) is 0 Å². The lowest BCUT2D eigenvalue weighted by atomic mass is 9.95. The summed E-state index contributed by atoms with van der Waals surface area (Å²) >= 11 is 0. The number of aryl methyl sites for hydroxylation is 1. The zero-order valence-electron chi connectivity index (χ0n) is 11.9. The van der Waals surface area contributed by atoms with Crippen molar-refractivity contribution in [3.63, 3.8) is 0 Å². The van der Waals surface area contributed by atoms with Gasteiger partial charge in [-0.25, -0.2) is 0 Å². The van der Waals surface area contributed by atoms with Crippen molar-refractivity contribution >= 4 is 0 Å². The van der Waals surface area contributed by atoms with Gasteiger partial charge in [0.15, 0.2) is 0 Å². The molecule has 4 rings (SSSR count). The summed E-state index contributed by atoms with van der Waals surface area (Å²) in [5.41, 5.74) is 1.28. The molecule has 0 aliphatic heterocycles. The van der Waals surface area contributed by atoms with Gasteiger partial charge in [0.2, 0.25) is 0 Å². The van der Waals surface area contributed by atoms with E-state index >= 15 is 0 Å². The van der Waals surface area contributed by atoms with Gasteiger partial charge in [0, 0.05) is 7.05 Å². The Morgan fingerprint density at radius 2 is 2.11 bits per heavy atom. The van der Waals surface area contributed by atoms with Gasteiger partial charge in [0.05, 0.1) is 17.9 Å². The Morgan fingerprint density at radius 1 is 1.37 bits per heavy atom. The van der Waals surface area contributed by atoms with Crippen LogP contribution < -0.4 is 5.32 Å². The molecule has 0 saturated heterocycles. The van der Waals surface area contributed by atoms with Crippen LogP contribution >= 0.6 is 0 Å². The predicted octanol–water partition coefficient (Wildman–Crippen LogP) is 2.15. The highest BCUT2D eigenvalue weighted by Crippen LogP contribution is 2.72. The molecule has 1 heterocycles. The second-order valence-electron chi connectivity index (χ2n) is 6.78. The summed E-state index contributed by atoms with van der Waals surface area (Å²) < 4.78 is 1.96. The smallest absolute Gasteiger partial charge is 0.0756 e. The van der Waals surface area contributed by atoms with Crippen LogP contribution in [0.15, 0.2) is 6.20 Å². The first-order valence-electron chi connectivity index (χ1n) is 7.89. The zero-order valence-corrected chi connectivity index (χ0v) is 11.9. The lowest BCUT2D eigenvalue weighted by Gasteiger charge is -2.21. The van der Waals surface area contributed by atoms with Crippen molar-refractivity contribution in [3.05, 3.63) is 11.9 Å². The van der Waals surface area contributed by atoms with Gasteiger partial charge in [-0.3, -0.25) is 4.68 Å². The van der Waals surface area contributed by atoms with E-state index in [1.807, 2.05) is 17.9 Å². The molecule has 3 aliphatic rings. The molecule has 104 valence electrons. The maximum atomic E-state index is 4.13. The average molecular weight is 260 g/mol. The van der Waals surface area contributed by atoms with E-state index in [2.05, 4.69) is 22.6 Å². The number of aromatic nitrogens is 3. The zero-order chi connectivity index (χ0) is 13.0. The van der Waals surface area contributed by atoms with Crippen LogP contribution in [0, 0.1) is 29.6 Å². The Labute approximate surface area is 115 Å². The van der Waals surface area contributed by atoms with Gasteiger partial charge >= 0.3 is 0 Å². The first kappa shape index (κ1) is 11.9. The number of hydrogen-bond acceptors (Lipinski definition) is 3. The molecular weight excluding hydrogens is 236 g/mol. The predicted molar refractivity (Wildman–Crippen MR) is 73.3 cm³/mol. The molecule has 1 N–H and O–H groups in total. The van der Waals surface area contributed by atoms with Gasteiger partial charge in [0.1, 0.15) is 0 Å². The van der Waals surface area contributed by atoms with Crippen molar-refractivity contribution in [1.29, 1.82) is 0 Å². The largest absolute Gasteiger partial charge is 0.308 e.